The number of sulfonamides is 1. The van der Waals surface area contributed by atoms with Gasteiger partial charge in [-0.05, 0) is 36.6 Å². The van der Waals surface area contributed by atoms with E-state index in [1.165, 1.54) is 10.4 Å². The fraction of sp³-hybridized carbons (Fsp3) is 0.381. The topological polar surface area (TPSA) is 69.7 Å². The van der Waals surface area contributed by atoms with Gasteiger partial charge in [-0.2, -0.15) is 4.31 Å². The molecule has 1 amide bonds. The molecule has 1 aliphatic rings. The van der Waals surface area contributed by atoms with Crippen LogP contribution in [0.25, 0.3) is 0 Å². The van der Waals surface area contributed by atoms with Crippen molar-refractivity contribution in [2.45, 2.75) is 25.2 Å². The highest BCUT2D eigenvalue weighted by Crippen LogP contribution is 2.25. The van der Waals surface area contributed by atoms with Crippen molar-refractivity contribution in [3.8, 4) is 0 Å². The zero-order valence-electron chi connectivity index (χ0n) is 16.7. The van der Waals surface area contributed by atoms with Gasteiger partial charge in [0.15, 0.2) is 0 Å². The van der Waals surface area contributed by atoms with E-state index in [1.807, 2.05) is 30.0 Å². The normalized spacial score (nSPS) is 16.0. The van der Waals surface area contributed by atoms with Crippen molar-refractivity contribution < 1.29 is 13.2 Å². The third-order valence-electron chi connectivity index (χ3n) is 5.16. The number of rotatable bonds is 6. The Bertz CT molecular complexity index is 986. The standard InChI is InChI=1S/C21H26ClN3O3S/c1-3-17-8-6-7-16(2)21(17)23-20(26)15-24-11-13-25(14-12-24)29(27,28)19-10-5-4-9-18(19)22/h4-10H,3,11-15H2,1-2H3,(H,23,26). The molecular weight excluding hydrogens is 410 g/mol. The molecule has 0 spiro atoms. The number of carbonyl (C=O) groups is 1. The van der Waals surface area contributed by atoms with Crippen LogP contribution < -0.4 is 5.32 Å². The maximum absolute atomic E-state index is 12.8. The third-order valence-corrected chi connectivity index (χ3v) is 7.56. The van der Waals surface area contributed by atoms with Crippen molar-refractivity contribution in [3.63, 3.8) is 0 Å². The molecule has 0 saturated carbocycles. The summed E-state index contributed by atoms with van der Waals surface area (Å²) in [5.74, 6) is -0.0867. The van der Waals surface area contributed by atoms with E-state index >= 15 is 0 Å². The molecule has 0 aromatic heterocycles. The van der Waals surface area contributed by atoms with E-state index < -0.39 is 10.0 Å². The van der Waals surface area contributed by atoms with E-state index in [9.17, 15) is 13.2 Å². The van der Waals surface area contributed by atoms with Gasteiger partial charge in [0.1, 0.15) is 4.90 Å². The van der Waals surface area contributed by atoms with E-state index in [0.717, 1.165) is 23.2 Å². The molecule has 0 radical (unpaired) electrons. The molecule has 2 aromatic rings. The van der Waals surface area contributed by atoms with Gasteiger partial charge in [-0.3, -0.25) is 9.69 Å². The van der Waals surface area contributed by atoms with E-state index in [4.69, 9.17) is 11.6 Å². The number of para-hydroxylation sites is 1. The molecule has 8 heteroatoms. The number of amides is 1. The minimum Gasteiger partial charge on any atom is -0.324 e. The Hall–Kier alpha value is -1.93. The summed E-state index contributed by atoms with van der Waals surface area (Å²) < 4.78 is 27.1. The number of nitrogens with zero attached hydrogens (tertiary/aromatic N) is 2. The highest BCUT2D eigenvalue weighted by Gasteiger charge is 2.30. The smallest absolute Gasteiger partial charge is 0.244 e. The molecule has 1 fully saturated rings. The molecule has 0 atom stereocenters. The summed E-state index contributed by atoms with van der Waals surface area (Å²) in [6.07, 6.45) is 0.843. The number of hydrogen-bond donors (Lipinski definition) is 1. The molecule has 6 nitrogen and oxygen atoms in total. The van der Waals surface area contributed by atoms with Crippen molar-refractivity contribution in [2.24, 2.45) is 0 Å². The summed E-state index contributed by atoms with van der Waals surface area (Å²) in [5.41, 5.74) is 3.02. The number of hydrogen-bond acceptors (Lipinski definition) is 4. The van der Waals surface area contributed by atoms with Crippen LogP contribution in [0.15, 0.2) is 47.4 Å². The fourth-order valence-electron chi connectivity index (χ4n) is 3.51. The zero-order chi connectivity index (χ0) is 21.0. The molecule has 0 unspecified atom stereocenters. The predicted octanol–water partition coefficient (Wildman–Crippen LogP) is 3.16. The van der Waals surface area contributed by atoms with Crippen LogP contribution >= 0.6 is 11.6 Å². The van der Waals surface area contributed by atoms with Gasteiger partial charge in [0, 0.05) is 31.9 Å². The van der Waals surface area contributed by atoms with Crippen LogP contribution in [0.2, 0.25) is 5.02 Å². The number of halogens is 1. The van der Waals surface area contributed by atoms with Gasteiger partial charge < -0.3 is 5.32 Å². The summed E-state index contributed by atoms with van der Waals surface area (Å²) in [5, 5.41) is 3.24. The Morgan fingerprint density at radius 1 is 1.07 bits per heavy atom. The largest absolute Gasteiger partial charge is 0.324 e. The summed E-state index contributed by atoms with van der Waals surface area (Å²) in [4.78, 5) is 14.6. The summed E-state index contributed by atoms with van der Waals surface area (Å²) >= 11 is 6.07. The molecule has 1 saturated heterocycles. The van der Waals surface area contributed by atoms with Crippen molar-refractivity contribution in [1.29, 1.82) is 0 Å². The lowest BCUT2D eigenvalue weighted by Crippen LogP contribution is -2.50. The Morgan fingerprint density at radius 3 is 2.41 bits per heavy atom. The van der Waals surface area contributed by atoms with E-state index in [0.29, 0.717) is 26.2 Å². The van der Waals surface area contributed by atoms with Crippen LogP contribution in [0, 0.1) is 6.92 Å². The van der Waals surface area contributed by atoms with Crippen molar-refractivity contribution in [1.82, 2.24) is 9.21 Å². The minimum atomic E-state index is -3.63. The van der Waals surface area contributed by atoms with Gasteiger partial charge in [-0.25, -0.2) is 8.42 Å². The number of anilines is 1. The average Bonchev–Trinajstić information content (AvgIpc) is 2.70. The first-order valence-corrected chi connectivity index (χ1v) is 11.5. The lowest BCUT2D eigenvalue weighted by atomic mass is 10.1. The molecule has 156 valence electrons. The summed E-state index contributed by atoms with van der Waals surface area (Å²) in [6, 6.07) is 12.4. The fourth-order valence-corrected chi connectivity index (χ4v) is 5.42. The summed E-state index contributed by atoms with van der Waals surface area (Å²) in [6.45, 7) is 5.90. The lowest BCUT2D eigenvalue weighted by Gasteiger charge is -2.33. The van der Waals surface area contributed by atoms with Crippen LogP contribution in [0.4, 0.5) is 5.69 Å². The molecule has 1 aliphatic heterocycles. The maximum atomic E-state index is 12.8. The zero-order valence-corrected chi connectivity index (χ0v) is 18.3. The van der Waals surface area contributed by atoms with Crippen molar-refractivity contribution in [2.75, 3.05) is 38.0 Å². The first-order chi connectivity index (χ1) is 13.8. The lowest BCUT2D eigenvalue weighted by molar-refractivity contribution is -0.117. The van der Waals surface area contributed by atoms with E-state index in [2.05, 4.69) is 12.2 Å². The Morgan fingerprint density at radius 2 is 1.76 bits per heavy atom. The first-order valence-electron chi connectivity index (χ1n) is 9.68. The second-order valence-corrected chi connectivity index (χ2v) is 9.43. The van der Waals surface area contributed by atoms with Crippen molar-refractivity contribution in [3.05, 3.63) is 58.6 Å². The summed E-state index contributed by atoms with van der Waals surface area (Å²) in [7, 11) is -3.63. The number of benzene rings is 2. The molecule has 1 heterocycles. The number of aryl methyl sites for hydroxylation is 2. The van der Waals surface area contributed by atoms with Crippen LogP contribution in [0.3, 0.4) is 0 Å². The van der Waals surface area contributed by atoms with Crippen LogP contribution in [-0.2, 0) is 21.2 Å². The van der Waals surface area contributed by atoms with Gasteiger partial charge in [-0.15, -0.1) is 0 Å². The Balaban J connectivity index is 1.59. The monoisotopic (exact) mass is 435 g/mol. The second-order valence-electron chi connectivity index (χ2n) is 7.12. The van der Waals surface area contributed by atoms with E-state index in [-0.39, 0.29) is 22.4 Å². The molecule has 0 aliphatic carbocycles. The van der Waals surface area contributed by atoms with Gasteiger partial charge in [0.2, 0.25) is 15.9 Å². The second kappa shape index (κ2) is 9.26. The number of piperazine rings is 1. The maximum Gasteiger partial charge on any atom is 0.244 e. The Kier molecular flexibility index (Phi) is 6.95. The molecule has 0 bridgehead atoms. The van der Waals surface area contributed by atoms with Gasteiger partial charge in [-0.1, -0.05) is 48.9 Å². The minimum absolute atomic E-state index is 0.0867. The molecule has 3 rings (SSSR count). The average molecular weight is 436 g/mol. The SMILES string of the molecule is CCc1cccc(C)c1NC(=O)CN1CCN(S(=O)(=O)c2ccccc2Cl)CC1. The molecule has 1 N–H and O–H groups in total. The van der Waals surface area contributed by atoms with Gasteiger partial charge in [0.25, 0.3) is 0 Å². The number of nitrogens with one attached hydrogen (secondary N) is 1. The highest BCUT2D eigenvalue weighted by atomic mass is 35.5. The molecule has 2 aromatic carbocycles. The van der Waals surface area contributed by atoms with Crippen molar-refractivity contribution >= 4 is 33.2 Å². The molecular formula is C21H26ClN3O3S. The van der Waals surface area contributed by atoms with Gasteiger partial charge in [0.05, 0.1) is 11.6 Å². The first kappa shape index (κ1) is 21.8. The van der Waals surface area contributed by atoms with E-state index in [1.54, 1.807) is 18.2 Å². The molecule has 29 heavy (non-hydrogen) atoms. The van der Waals surface area contributed by atoms with Gasteiger partial charge >= 0.3 is 0 Å². The van der Waals surface area contributed by atoms with Crippen LogP contribution in [-0.4, -0.2) is 56.3 Å². The quantitative estimate of drug-likeness (QED) is 0.756. The third kappa shape index (κ3) is 4.98. The Labute approximate surface area is 177 Å². The highest BCUT2D eigenvalue weighted by molar-refractivity contribution is 7.89. The number of carbonyl (C=O) groups excluding carboxylic acids is 1. The predicted molar refractivity (Wildman–Crippen MR) is 116 cm³/mol. The van der Waals surface area contributed by atoms with Crippen LogP contribution in [0.1, 0.15) is 18.1 Å². The van der Waals surface area contributed by atoms with Crippen LogP contribution in [0.5, 0.6) is 0 Å².